The van der Waals surface area contributed by atoms with Gasteiger partial charge in [-0.15, -0.1) is 0 Å². The molecule has 1 heterocycles. The third kappa shape index (κ3) is 21.5. The number of ether oxygens (including phenoxy) is 3. The summed E-state index contributed by atoms with van der Waals surface area (Å²) in [6.45, 7) is 5.10. The Morgan fingerprint density at radius 3 is 1.55 bits per heavy atom. The molecule has 2 aliphatic rings. The van der Waals surface area contributed by atoms with E-state index in [9.17, 15) is 49.2 Å². The van der Waals surface area contributed by atoms with Gasteiger partial charge in [-0.3, -0.25) is 48.4 Å². The van der Waals surface area contributed by atoms with Gasteiger partial charge in [0.05, 0.1) is 59.3 Å². The minimum atomic E-state index is -1.17. The standard InChI is InChI=1S/C37H64N6O13/c1-37(9-5-3-2-4-6-10-37)36(53)39-12-22-55-24-26-56-25-23-54-21-11-38-31(44)8-7-30(35(51)52)43-19-17-41(28-33(47)48)15-13-40(27-32(45)46)14-16-42(18-20-43)29-34(49)50/h2-3,30H,4-29H2,1H3,(H,38,44)(H,39,53)(H,45,46)(H,47,48)(H,49,50)(H,51,52)/b3-2+/t30?,37-/m1/s1. The summed E-state index contributed by atoms with van der Waals surface area (Å²) >= 11 is 0. The first kappa shape index (κ1) is 48.4. The van der Waals surface area contributed by atoms with Crippen LogP contribution in [0.2, 0.25) is 0 Å². The Morgan fingerprint density at radius 1 is 0.625 bits per heavy atom. The van der Waals surface area contributed by atoms with Crippen molar-refractivity contribution in [1.82, 2.24) is 30.2 Å². The van der Waals surface area contributed by atoms with E-state index in [0.29, 0.717) is 39.6 Å². The molecule has 19 nitrogen and oxygen atoms in total. The minimum Gasteiger partial charge on any atom is -0.480 e. The van der Waals surface area contributed by atoms with Crippen molar-refractivity contribution < 1.29 is 63.4 Å². The lowest BCUT2D eigenvalue weighted by Gasteiger charge is -2.35. The van der Waals surface area contributed by atoms with Gasteiger partial charge in [0.2, 0.25) is 11.8 Å². The maximum Gasteiger partial charge on any atom is 0.320 e. The van der Waals surface area contributed by atoms with Gasteiger partial charge in [-0.25, -0.2) is 0 Å². The molecule has 1 unspecified atom stereocenters. The Balaban J connectivity index is 1.70. The number of hydrogen-bond acceptors (Lipinski definition) is 13. The molecule has 1 fully saturated rings. The number of hydrogen-bond donors (Lipinski definition) is 6. The van der Waals surface area contributed by atoms with Crippen molar-refractivity contribution in [3.63, 3.8) is 0 Å². The van der Waals surface area contributed by atoms with Crippen LogP contribution in [0.4, 0.5) is 0 Å². The fourth-order valence-electron chi connectivity index (χ4n) is 6.59. The molecule has 56 heavy (non-hydrogen) atoms. The lowest BCUT2D eigenvalue weighted by molar-refractivity contribution is -0.145. The molecular weight excluding hydrogens is 736 g/mol. The van der Waals surface area contributed by atoms with Crippen LogP contribution >= 0.6 is 0 Å². The molecule has 0 aromatic heterocycles. The highest BCUT2D eigenvalue weighted by Crippen LogP contribution is 2.32. The average molecular weight is 801 g/mol. The molecule has 6 N–H and O–H groups in total. The van der Waals surface area contributed by atoms with Crippen molar-refractivity contribution in [2.75, 3.05) is 125 Å². The van der Waals surface area contributed by atoms with Crippen LogP contribution in [-0.4, -0.2) is 206 Å². The molecule has 320 valence electrons. The van der Waals surface area contributed by atoms with E-state index < -0.39 is 29.9 Å². The fourth-order valence-corrected chi connectivity index (χ4v) is 6.59. The van der Waals surface area contributed by atoms with E-state index >= 15 is 0 Å². The van der Waals surface area contributed by atoms with Gasteiger partial charge in [0.25, 0.3) is 0 Å². The summed E-state index contributed by atoms with van der Waals surface area (Å²) < 4.78 is 16.6. The SMILES string of the molecule is C[C@@]1(C(=O)NCCOCCOCCOCCNC(=O)CCC(C(=O)O)N2CCN(CC(=O)O)CCN(CC(=O)O)CCN(CC(=O)O)CC2)CC/C=C/CCC1. The zero-order valence-corrected chi connectivity index (χ0v) is 32.9. The smallest absolute Gasteiger partial charge is 0.320 e. The van der Waals surface area contributed by atoms with Crippen LogP contribution < -0.4 is 10.6 Å². The maximum absolute atomic E-state index is 12.7. The molecule has 2 amide bonds. The second-order valence-corrected chi connectivity index (χ2v) is 14.3. The number of carboxylic acids is 4. The summed E-state index contributed by atoms with van der Waals surface area (Å²) in [4.78, 5) is 78.7. The van der Waals surface area contributed by atoms with E-state index in [2.05, 4.69) is 22.8 Å². The van der Waals surface area contributed by atoms with Gasteiger partial charge in [0.1, 0.15) is 6.04 Å². The monoisotopic (exact) mass is 800 g/mol. The highest BCUT2D eigenvalue weighted by molar-refractivity contribution is 5.82. The molecule has 0 radical (unpaired) electrons. The maximum atomic E-state index is 12.7. The van der Waals surface area contributed by atoms with Crippen LogP contribution in [0.5, 0.6) is 0 Å². The largest absolute Gasteiger partial charge is 0.480 e. The zero-order valence-electron chi connectivity index (χ0n) is 32.9. The van der Waals surface area contributed by atoms with Gasteiger partial charge in [0.15, 0.2) is 0 Å². The summed E-state index contributed by atoms with van der Waals surface area (Å²) in [5.74, 6) is -4.70. The van der Waals surface area contributed by atoms with Crippen molar-refractivity contribution >= 4 is 35.7 Å². The average Bonchev–Trinajstić information content (AvgIpc) is 3.11. The first-order chi connectivity index (χ1) is 26.8. The highest BCUT2D eigenvalue weighted by atomic mass is 16.5. The molecule has 0 saturated carbocycles. The van der Waals surface area contributed by atoms with Crippen molar-refractivity contribution in [2.24, 2.45) is 5.41 Å². The van der Waals surface area contributed by atoms with Crippen LogP contribution in [0.15, 0.2) is 12.2 Å². The Hall–Kier alpha value is -3.72. The number of carboxylic acid groups (broad SMARTS) is 4. The topological polar surface area (TPSA) is 248 Å². The van der Waals surface area contributed by atoms with E-state index in [1.54, 1.807) is 19.6 Å². The van der Waals surface area contributed by atoms with Gasteiger partial charge in [0, 0.05) is 77.3 Å². The van der Waals surface area contributed by atoms with Crippen molar-refractivity contribution in [3.05, 3.63) is 12.2 Å². The first-order valence-corrected chi connectivity index (χ1v) is 19.5. The Labute approximate surface area is 329 Å². The molecular formula is C37H64N6O13. The van der Waals surface area contributed by atoms with E-state index in [1.165, 1.54) is 0 Å². The fraction of sp³-hybridized carbons (Fsp3) is 0.784. The summed E-state index contributed by atoms with van der Waals surface area (Å²) in [5, 5.41) is 44.1. The third-order valence-electron chi connectivity index (χ3n) is 9.84. The summed E-state index contributed by atoms with van der Waals surface area (Å²) in [5.41, 5.74) is -0.350. The van der Waals surface area contributed by atoms with Gasteiger partial charge in [-0.2, -0.15) is 0 Å². The van der Waals surface area contributed by atoms with Crippen molar-refractivity contribution in [1.29, 1.82) is 0 Å². The number of nitrogens with one attached hydrogen (secondary N) is 2. The van der Waals surface area contributed by atoms with E-state index in [0.717, 1.165) is 32.1 Å². The number of nitrogens with zero attached hydrogens (tertiary/aromatic N) is 4. The number of rotatable bonds is 24. The quantitative estimate of drug-likeness (QED) is 0.0532. The molecule has 1 saturated heterocycles. The molecule has 0 aromatic rings. The zero-order chi connectivity index (χ0) is 41.2. The lowest BCUT2D eigenvalue weighted by Crippen LogP contribution is -2.52. The molecule has 1 aliphatic carbocycles. The van der Waals surface area contributed by atoms with Crippen molar-refractivity contribution in [3.8, 4) is 0 Å². The molecule has 19 heteroatoms. The number of carbonyl (C=O) groups excluding carboxylic acids is 2. The first-order valence-electron chi connectivity index (χ1n) is 19.5. The molecule has 1 aliphatic heterocycles. The van der Waals surface area contributed by atoms with Crippen LogP contribution in [-0.2, 0) is 43.0 Å². The highest BCUT2D eigenvalue weighted by Gasteiger charge is 2.32. The lowest BCUT2D eigenvalue weighted by atomic mass is 9.78. The van der Waals surface area contributed by atoms with Crippen LogP contribution in [0.25, 0.3) is 0 Å². The predicted octanol–water partition coefficient (Wildman–Crippen LogP) is -0.496. The molecule has 0 aromatic carbocycles. The Kier molecular flexibility index (Phi) is 24.0. The second-order valence-electron chi connectivity index (χ2n) is 14.3. The minimum absolute atomic E-state index is 0.0360. The summed E-state index contributed by atoms with van der Waals surface area (Å²) in [7, 11) is 0. The Bertz CT molecular complexity index is 1230. The number of aliphatic carboxylic acids is 4. The van der Waals surface area contributed by atoms with Gasteiger partial charge in [-0.05, 0) is 38.5 Å². The van der Waals surface area contributed by atoms with Crippen molar-refractivity contribution in [2.45, 2.75) is 57.9 Å². The number of carbonyl (C=O) groups is 6. The number of amides is 2. The van der Waals surface area contributed by atoms with Crippen LogP contribution in [0.3, 0.4) is 0 Å². The van der Waals surface area contributed by atoms with E-state index in [4.69, 9.17) is 14.2 Å². The normalized spacial score (nSPS) is 21.0. The third-order valence-corrected chi connectivity index (χ3v) is 9.84. The van der Waals surface area contributed by atoms with Crippen LogP contribution in [0.1, 0.15) is 51.9 Å². The predicted molar refractivity (Wildman–Crippen MR) is 203 cm³/mol. The van der Waals surface area contributed by atoms with E-state index in [-0.39, 0.29) is 115 Å². The number of allylic oxidation sites excluding steroid dienone is 2. The molecule has 2 rings (SSSR count). The molecule has 2 atom stereocenters. The molecule has 0 bridgehead atoms. The van der Waals surface area contributed by atoms with Gasteiger partial charge < -0.3 is 45.3 Å². The molecule has 0 spiro atoms. The van der Waals surface area contributed by atoms with E-state index in [1.807, 2.05) is 6.92 Å². The second kappa shape index (κ2) is 27.8. The summed E-state index contributed by atoms with van der Waals surface area (Å²) in [6.07, 6.45) is 8.83. The summed E-state index contributed by atoms with van der Waals surface area (Å²) in [6, 6.07) is -1.10. The Morgan fingerprint density at radius 2 is 1.07 bits per heavy atom. The van der Waals surface area contributed by atoms with Gasteiger partial charge in [-0.1, -0.05) is 19.1 Å². The van der Waals surface area contributed by atoms with Gasteiger partial charge >= 0.3 is 23.9 Å². The van der Waals surface area contributed by atoms with Crippen LogP contribution in [0, 0.1) is 5.41 Å².